The summed E-state index contributed by atoms with van der Waals surface area (Å²) in [5.74, 6) is -0.0493. The standard InChI is InChI=1S/C13H16N4O/c1-9(14-2)13(18)16-11-5-3-10(4-6-11)12-7-8-15-17-12/h3-9,14H,1-2H3,(H,15,17)(H,16,18). The summed E-state index contributed by atoms with van der Waals surface area (Å²) in [6.45, 7) is 1.81. The van der Waals surface area contributed by atoms with E-state index < -0.39 is 0 Å². The Morgan fingerprint density at radius 3 is 2.56 bits per heavy atom. The number of hydrogen-bond acceptors (Lipinski definition) is 3. The van der Waals surface area contributed by atoms with E-state index in [1.54, 1.807) is 13.2 Å². The zero-order chi connectivity index (χ0) is 13.0. The van der Waals surface area contributed by atoms with Crippen LogP contribution in [0.15, 0.2) is 36.5 Å². The highest BCUT2D eigenvalue weighted by molar-refractivity contribution is 5.94. The van der Waals surface area contributed by atoms with E-state index in [0.29, 0.717) is 0 Å². The smallest absolute Gasteiger partial charge is 0.241 e. The molecular formula is C13H16N4O. The minimum atomic E-state index is -0.211. The van der Waals surface area contributed by atoms with Gasteiger partial charge in [-0.05, 0) is 37.7 Å². The summed E-state index contributed by atoms with van der Waals surface area (Å²) in [7, 11) is 1.76. The van der Waals surface area contributed by atoms with Gasteiger partial charge in [0.2, 0.25) is 5.91 Å². The number of hydrogen-bond donors (Lipinski definition) is 3. The number of aromatic amines is 1. The lowest BCUT2D eigenvalue weighted by atomic mass is 10.1. The Hall–Kier alpha value is -2.14. The summed E-state index contributed by atoms with van der Waals surface area (Å²) in [6.07, 6.45) is 1.71. The van der Waals surface area contributed by atoms with Crippen molar-refractivity contribution in [2.75, 3.05) is 12.4 Å². The Morgan fingerprint density at radius 1 is 1.28 bits per heavy atom. The van der Waals surface area contributed by atoms with Crippen molar-refractivity contribution in [3.05, 3.63) is 36.5 Å². The Morgan fingerprint density at radius 2 is 2.00 bits per heavy atom. The average Bonchev–Trinajstić information content (AvgIpc) is 2.92. The van der Waals surface area contributed by atoms with Crippen LogP contribution in [0.5, 0.6) is 0 Å². The summed E-state index contributed by atoms with van der Waals surface area (Å²) < 4.78 is 0. The van der Waals surface area contributed by atoms with Crippen molar-refractivity contribution >= 4 is 11.6 Å². The van der Waals surface area contributed by atoms with Crippen LogP contribution in [0.25, 0.3) is 11.3 Å². The highest BCUT2D eigenvalue weighted by Gasteiger charge is 2.09. The zero-order valence-electron chi connectivity index (χ0n) is 10.4. The summed E-state index contributed by atoms with van der Waals surface area (Å²) in [6, 6.07) is 9.31. The largest absolute Gasteiger partial charge is 0.325 e. The van der Waals surface area contributed by atoms with Gasteiger partial charge in [-0.1, -0.05) is 12.1 Å². The van der Waals surface area contributed by atoms with E-state index in [1.807, 2.05) is 37.3 Å². The van der Waals surface area contributed by atoms with Crippen molar-refractivity contribution in [3.8, 4) is 11.3 Å². The van der Waals surface area contributed by atoms with Gasteiger partial charge in [-0.15, -0.1) is 0 Å². The summed E-state index contributed by atoms with van der Waals surface area (Å²) in [4.78, 5) is 11.7. The monoisotopic (exact) mass is 244 g/mol. The Balaban J connectivity index is 2.06. The first-order chi connectivity index (χ1) is 8.70. The fourth-order valence-corrected chi connectivity index (χ4v) is 1.53. The lowest BCUT2D eigenvalue weighted by Gasteiger charge is -2.11. The molecule has 0 spiro atoms. The van der Waals surface area contributed by atoms with E-state index >= 15 is 0 Å². The minimum Gasteiger partial charge on any atom is -0.325 e. The molecule has 2 rings (SSSR count). The van der Waals surface area contributed by atoms with E-state index in [9.17, 15) is 4.79 Å². The fraction of sp³-hybridized carbons (Fsp3) is 0.231. The maximum atomic E-state index is 11.7. The van der Waals surface area contributed by atoms with Crippen LogP contribution in [0.1, 0.15) is 6.92 Å². The Kier molecular flexibility index (Phi) is 3.74. The number of rotatable bonds is 4. The number of carbonyl (C=O) groups excluding carboxylic acids is 1. The van der Waals surface area contributed by atoms with E-state index in [0.717, 1.165) is 16.9 Å². The van der Waals surface area contributed by atoms with Gasteiger partial charge in [0.15, 0.2) is 0 Å². The van der Waals surface area contributed by atoms with E-state index in [1.165, 1.54) is 0 Å². The minimum absolute atomic E-state index is 0.0493. The van der Waals surface area contributed by atoms with Gasteiger partial charge in [0.05, 0.1) is 11.7 Å². The first-order valence-corrected chi connectivity index (χ1v) is 5.78. The number of H-pyrrole nitrogens is 1. The lowest BCUT2D eigenvalue weighted by Crippen LogP contribution is -2.35. The van der Waals surface area contributed by atoms with Crippen LogP contribution < -0.4 is 10.6 Å². The number of anilines is 1. The van der Waals surface area contributed by atoms with E-state index in [4.69, 9.17) is 0 Å². The van der Waals surface area contributed by atoms with Crippen molar-refractivity contribution in [3.63, 3.8) is 0 Å². The first-order valence-electron chi connectivity index (χ1n) is 5.78. The Bertz CT molecular complexity index is 504. The van der Waals surface area contributed by atoms with Crippen LogP contribution in [-0.2, 0) is 4.79 Å². The number of amides is 1. The summed E-state index contributed by atoms with van der Waals surface area (Å²) >= 11 is 0. The lowest BCUT2D eigenvalue weighted by molar-refractivity contribution is -0.117. The third-order valence-electron chi connectivity index (χ3n) is 2.79. The number of aromatic nitrogens is 2. The second-order valence-electron chi connectivity index (χ2n) is 4.05. The molecule has 5 nitrogen and oxygen atoms in total. The van der Waals surface area contributed by atoms with Crippen LogP contribution in [0, 0.1) is 0 Å². The van der Waals surface area contributed by atoms with Gasteiger partial charge in [0.1, 0.15) is 0 Å². The molecule has 0 radical (unpaired) electrons. The van der Waals surface area contributed by atoms with Crippen LogP contribution in [0.3, 0.4) is 0 Å². The molecule has 2 aromatic rings. The van der Waals surface area contributed by atoms with Gasteiger partial charge in [0, 0.05) is 11.9 Å². The second kappa shape index (κ2) is 5.46. The molecule has 0 bridgehead atoms. The maximum absolute atomic E-state index is 11.7. The SMILES string of the molecule is CNC(C)C(=O)Nc1ccc(-c2ccn[nH]2)cc1. The molecule has 0 aliphatic rings. The summed E-state index contributed by atoms with van der Waals surface area (Å²) in [5, 5.41) is 12.5. The Labute approximate surface area is 106 Å². The highest BCUT2D eigenvalue weighted by Crippen LogP contribution is 2.18. The first kappa shape index (κ1) is 12.3. The molecule has 0 fully saturated rings. The molecule has 1 heterocycles. The van der Waals surface area contributed by atoms with Gasteiger partial charge in [0.25, 0.3) is 0 Å². The predicted molar refractivity (Wildman–Crippen MR) is 71.2 cm³/mol. The van der Waals surface area contributed by atoms with E-state index in [-0.39, 0.29) is 11.9 Å². The number of nitrogens with one attached hydrogen (secondary N) is 3. The van der Waals surface area contributed by atoms with Crippen molar-refractivity contribution in [2.24, 2.45) is 0 Å². The van der Waals surface area contributed by atoms with Crippen LogP contribution >= 0.6 is 0 Å². The number of benzene rings is 1. The van der Waals surface area contributed by atoms with Gasteiger partial charge in [-0.2, -0.15) is 5.10 Å². The van der Waals surface area contributed by atoms with Crippen LogP contribution in [-0.4, -0.2) is 29.2 Å². The molecule has 94 valence electrons. The molecule has 1 unspecified atom stereocenters. The third kappa shape index (κ3) is 2.75. The fourth-order valence-electron chi connectivity index (χ4n) is 1.53. The quantitative estimate of drug-likeness (QED) is 0.765. The number of nitrogens with zero attached hydrogens (tertiary/aromatic N) is 1. The molecule has 0 saturated heterocycles. The van der Waals surface area contributed by atoms with Crippen molar-refractivity contribution in [1.82, 2.24) is 15.5 Å². The third-order valence-corrected chi connectivity index (χ3v) is 2.79. The molecule has 1 aromatic heterocycles. The van der Waals surface area contributed by atoms with Gasteiger partial charge < -0.3 is 10.6 Å². The molecular weight excluding hydrogens is 228 g/mol. The van der Waals surface area contributed by atoms with Crippen molar-refractivity contribution in [2.45, 2.75) is 13.0 Å². The molecule has 0 aliphatic carbocycles. The highest BCUT2D eigenvalue weighted by atomic mass is 16.2. The molecule has 0 aliphatic heterocycles. The molecule has 5 heteroatoms. The van der Waals surface area contributed by atoms with Crippen molar-refractivity contribution < 1.29 is 4.79 Å². The van der Waals surface area contributed by atoms with Crippen molar-refractivity contribution in [1.29, 1.82) is 0 Å². The second-order valence-corrected chi connectivity index (χ2v) is 4.05. The summed E-state index contributed by atoms with van der Waals surface area (Å²) in [5.41, 5.74) is 2.77. The molecule has 3 N–H and O–H groups in total. The van der Waals surface area contributed by atoms with Gasteiger partial charge in [-0.3, -0.25) is 9.89 Å². The number of likely N-dealkylation sites (N-methyl/N-ethyl adjacent to an activating group) is 1. The molecule has 1 amide bonds. The van der Waals surface area contributed by atoms with Gasteiger partial charge >= 0.3 is 0 Å². The van der Waals surface area contributed by atoms with Crippen LogP contribution in [0.4, 0.5) is 5.69 Å². The average molecular weight is 244 g/mol. The normalized spacial score (nSPS) is 12.1. The molecule has 1 atom stereocenters. The van der Waals surface area contributed by atoms with Gasteiger partial charge in [-0.25, -0.2) is 0 Å². The molecule has 18 heavy (non-hydrogen) atoms. The van der Waals surface area contributed by atoms with E-state index in [2.05, 4.69) is 20.8 Å². The zero-order valence-corrected chi connectivity index (χ0v) is 10.4. The molecule has 1 aromatic carbocycles. The maximum Gasteiger partial charge on any atom is 0.241 e. The molecule has 0 saturated carbocycles. The topological polar surface area (TPSA) is 69.8 Å². The predicted octanol–water partition coefficient (Wildman–Crippen LogP) is 1.62. The van der Waals surface area contributed by atoms with Crippen LogP contribution in [0.2, 0.25) is 0 Å². The number of carbonyl (C=O) groups is 1.